The van der Waals surface area contributed by atoms with Crippen LogP contribution in [0.3, 0.4) is 0 Å². The maximum absolute atomic E-state index is 2.23. The molecule has 0 atom stereocenters. The third kappa shape index (κ3) is 16.1. The molecular formula is C6H19AlO. The Balaban J connectivity index is -0.000000125. The van der Waals surface area contributed by atoms with Gasteiger partial charge < -0.3 is 5.48 Å². The van der Waals surface area contributed by atoms with Gasteiger partial charge in [-0.3, -0.25) is 0 Å². The molecule has 0 rings (SSSR count). The van der Waals surface area contributed by atoms with Crippen LogP contribution in [0, 0.1) is 0 Å². The lowest BCUT2D eigenvalue weighted by molar-refractivity contribution is 0.702. The molecule has 0 saturated carbocycles. The maximum atomic E-state index is 2.23. The summed E-state index contributed by atoms with van der Waals surface area (Å²) in [6.45, 7) is 4.46. The van der Waals surface area contributed by atoms with Gasteiger partial charge in [0.25, 0.3) is 0 Å². The summed E-state index contributed by atoms with van der Waals surface area (Å²) in [6, 6.07) is 0. The van der Waals surface area contributed by atoms with E-state index in [1.807, 2.05) is 0 Å². The molecule has 0 unspecified atom stereocenters. The Morgan fingerprint density at radius 3 is 1.25 bits per heavy atom. The molecule has 0 bridgehead atoms. The lowest BCUT2D eigenvalue weighted by Gasteiger charge is -1.86. The molecule has 2 N–H and O–H groups in total. The van der Waals surface area contributed by atoms with Crippen LogP contribution in [0.2, 0.25) is 0 Å². The fraction of sp³-hybridized carbons (Fsp3) is 1.00. The molecule has 2 heteroatoms. The van der Waals surface area contributed by atoms with E-state index in [9.17, 15) is 0 Å². The smallest absolute Gasteiger partial charge is 0.187 e. The van der Waals surface area contributed by atoms with Crippen LogP contribution in [-0.2, 0) is 0 Å². The maximum Gasteiger partial charge on any atom is 0.187 e. The second kappa shape index (κ2) is 15.6. The second-order valence-corrected chi connectivity index (χ2v) is 1.71. The highest BCUT2D eigenvalue weighted by molar-refractivity contribution is 5.75. The monoisotopic (exact) mass is 134 g/mol. The molecule has 8 heavy (non-hydrogen) atoms. The molecule has 0 fully saturated rings. The minimum Gasteiger partial charge on any atom is -0.412 e. The minimum atomic E-state index is 0. The summed E-state index contributed by atoms with van der Waals surface area (Å²) in [5, 5.41) is 0. The highest BCUT2D eigenvalue weighted by Gasteiger charge is 1.75. The lowest BCUT2D eigenvalue weighted by Crippen LogP contribution is -1.66. The van der Waals surface area contributed by atoms with Gasteiger partial charge in [-0.1, -0.05) is 39.5 Å². The largest absolute Gasteiger partial charge is 0.412 e. The van der Waals surface area contributed by atoms with Crippen LogP contribution >= 0.6 is 0 Å². The molecule has 0 aromatic rings. The van der Waals surface area contributed by atoms with Crippen molar-refractivity contribution in [3.63, 3.8) is 0 Å². The third-order valence-electron chi connectivity index (χ3n) is 0.957. The summed E-state index contributed by atoms with van der Waals surface area (Å²) in [5.41, 5.74) is 0. The molecule has 0 aliphatic rings. The number of unbranched alkanes of at least 4 members (excludes halogenated alkanes) is 3. The molecule has 0 aromatic heterocycles. The predicted octanol–water partition coefficient (Wildman–Crippen LogP) is 0.578. The number of hydrogen-bond acceptors (Lipinski definition) is 0. The van der Waals surface area contributed by atoms with E-state index in [0.29, 0.717) is 0 Å². The van der Waals surface area contributed by atoms with Crippen LogP contribution < -0.4 is 0 Å². The van der Waals surface area contributed by atoms with Gasteiger partial charge in [0, 0.05) is 0 Å². The molecule has 0 spiro atoms. The fourth-order valence-corrected chi connectivity index (χ4v) is 0.500. The van der Waals surface area contributed by atoms with Crippen molar-refractivity contribution in [2.75, 3.05) is 0 Å². The van der Waals surface area contributed by atoms with Gasteiger partial charge in [-0.15, -0.1) is 0 Å². The van der Waals surface area contributed by atoms with E-state index in [-0.39, 0.29) is 22.8 Å². The molecule has 52 valence electrons. The van der Waals surface area contributed by atoms with Gasteiger partial charge in [-0.2, -0.15) is 0 Å². The van der Waals surface area contributed by atoms with Crippen molar-refractivity contribution < 1.29 is 5.48 Å². The van der Waals surface area contributed by atoms with Crippen LogP contribution in [-0.4, -0.2) is 22.8 Å². The minimum absolute atomic E-state index is 0. The zero-order chi connectivity index (χ0) is 4.83. The molecule has 1 nitrogen and oxygen atoms in total. The van der Waals surface area contributed by atoms with E-state index < -0.39 is 0 Å². The molecule has 0 radical (unpaired) electrons. The molecule has 0 aliphatic carbocycles. The molecular weight excluding hydrogens is 115 g/mol. The molecule has 0 saturated heterocycles. The average molecular weight is 134 g/mol. The summed E-state index contributed by atoms with van der Waals surface area (Å²) < 4.78 is 0. The first-order chi connectivity index (χ1) is 2.91. The summed E-state index contributed by atoms with van der Waals surface area (Å²) >= 11 is 0. The van der Waals surface area contributed by atoms with Crippen LogP contribution in [0.4, 0.5) is 0 Å². The van der Waals surface area contributed by atoms with Crippen molar-refractivity contribution in [2.45, 2.75) is 39.5 Å². The quantitative estimate of drug-likeness (QED) is 0.399. The van der Waals surface area contributed by atoms with Crippen molar-refractivity contribution in [3.05, 3.63) is 0 Å². The first kappa shape index (κ1) is 15.8. The SMILES string of the molecule is CCCCCC.O.[AlH3]. The summed E-state index contributed by atoms with van der Waals surface area (Å²) in [6.07, 6.45) is 5.54. The van der Waals surface area contributed by atoms with Crippen molar-refractivity contribution in [1.82, 2.24) is 0 Å². The molecule has 0 amide bonds. The van der Waals surface area contributed by atoms with E-state index in [4.69, 9.17) is 0 Å². The van der Waals surface area contributed by atoms with E-state index in [2.05, 4.69) is 13.8 Å². The van der Waals surface area contributed by atoms with Gasteiger partial charge in [0.2, 0.25) is 0 Å². The topological polar surface area (TPSA) is 31.5 Å². The van der Waals surface area contributed by atoms with E-state index in [1.54, 1.807) is 0 Å². The molecule has 0 aliphatic heterocycles. The summed E-state index contributed by atoms with van der Waals surface area (Å²) in [7, 11) is 0. The summed E-state index contributed by atoms with van der Waals surface area (Å²) in [5.74, 6) is 0. The zero-order valence-corrected chi connectivity index (χ0v) is 5.33. The Morgan fingerprint density at radius 1 is 0.875 bits per heavy atom. The van der Waals surface area contributed by atoms with Crippen molar-refractivity contribution in [2.24, 2.45) is 0 Å². The van der Waals surface area contributed by atoms with Gasteiger partial charge in [0.05, 0.1) is 0 Å². The van der Waals surface area contributed by atoms with Crippen LogP contribution in [0.5, 0.6) is 0 Å². The standard InChI is InChI=1S/C6H14.Al.H2O.3H/c1-3-5-6-4-2;;;;;/h3-6H2,1-2H3;;1H2;;;. The van der Waals surface area contributed by atoms with Crippen molar-refractivity contribution >= 4 is 17.4 Å². The fourth-order valence-electron chi connectivity index (χ4n) is 0.500. The number of rotatable bonds is 3. The van der Waals surface area contributed by atoms with Crippen molar-refractivity contribution in [3.8, 4) is 0 Å². The number of hydrogen-bond donors (Lipinski definition) is 0. The van der Waals surface area contributed by atoms with Gasteiger partial charge in [0.15, 0.2) is 17.4 Å². The Hall–Kier alpha value is 0.492. The van der Waals surface area contributed by atoms with E-state index >= 15 is 0 Å². The van der Waals surface area contributed by atoms with Crippen LogP contribution in [0.15, 0.2) is 0 Å². The third-order valence-corrected chi connectivity index (χ3v) is 0.957. The van der Waals surface area contributed by atoms with Gasteiger partial charge in [-0.05, 0) is 0 Å². The van der Waals surface area contributed by atoms with Gasteiger partial charge in [0.1, 0.15) is 0 Å². The first-order valence-corrected chi connectivity index (χ1v) is 2.91. The van der Waals surface area contributed by atoms with Crippen LogP contribution in [0.25, 0.3) is 0 Å². The lowest BCUT2D eigenvalue weighted by atomic mass is 10.2. The Labute approximate surface area is 62.9 Å². The second-order valence-electron chi connectivity index (χ2n) is 1.71. The Kier molecular flexibility index (Phi) is 30.9. The average Bonchev–Trinajstić information content (AvgIpc) is 1.61. The molecule has 0 aromatic carbocycles. The van der Waals surface area contributed by atoms with Crippen LogP contribution in [0.1, 0.15) is 39.5 Å². The Bertz CT molecular complexity index is 20.5. The Morgan fingerprint density at radius 2 is 1.12 bits per heavy atom. The normalized spacial score (nSPS) is 6.75. The zero-order valence-electron chi connectivity index (χ0n) is 5.33. The van der Waals surface area contributed by atoms with Crippen molar-refractivity contribution in [1.29, 1.82) is 0 Å². The van der Waals surface area contributed by atoms with E-state index in [0.717, 1.165) is 0 Å². The summed E-state index contributed by atoms with van der Waals surface area (Å²) in [4.78, 5) is 0. The van der Waals surface area contributed by atoms with E-state index in [1.165, 1.54) is 25.7 Å². The highest BCUT2D eigenvalue weighted by atomic mass is 27.0. The predicted molar refractivity (Wildman–Crippen MR) is 43.4 cm³/mol. The van der Waals surface area contributed by atoms with Gasteiger partial charge in [-0.25, -0.2) is 0 Å². The first-order valence-electron chi connectivity index (χ1n) is 2.91. The molecule has 0 heterocycles. The highest BCUT2D eigenvalue weighted by Crippen LogP contribution is 1.95. The van der Waals surface area contributed by atoms with Gasteiger partial charge >= 0.3 is 0 Å².